The first-order valence-corrected chi connectivity index (χ1v) is 10.4. The van der Waals surface area contributed by atoms with Gasteiger partial charge in [0.05, 0.1) is 19.8 Å². The van der Waals surface area contributed by atoms with Gasteiger partial charge in [0, 0.05) is 25.3 Å². The van der Waals surface area contributed by atoms with Crippen molar-refractivity contribution < 1.29 is 18.1 Å². The average Bonchev–Trinajstić information content (AvgIpc) is 2.56. The van der Waals surface area contributed by atoms with E-state index in [4.69, 9.17) is 4.74 Å². The molecule has 6 nitrogen and oxygen atoms in total. The summed E-state index contributed by atoms with van der Waals surface area (Å²) >= 11 is 3.02. The first-order chi connectivity index (χ1) is 10.9. The van der Waals surface area contributed by atoms with Gasteiger partial charge < -0.3 is 14.5 Å². The maximum Gasteiger partial charge on any atom is 0.221 e. The lowest BCUT2D eigenvalue weighted by atomic mass is 10.0. The molecule has 1 aliphatic heterocycles. The topological polar surface area (TPSA) is 63.1 Å². The average molecular weight is 407 g/mol. The highest BCUT2D eigenvalue weighted by Gasteiger charge is 2.27. The summed E-state index contributed by atoms with van der Waals surface area (Å²) in [4.78, 5) is 3.40. The Labute approximate surface area is 147 Å². The van der Waals surface area contributed by atoms with Gasteiger partial charge in [0.25, 0.3) is 0 Å². The van der Waals surface area contributed by atoms with Crippen molar-refractivity contribution in [2.24, 2.45) is 0 Å². The van der Waals surface area contributed by atoms with Crippen LogP contribution in [0.3, 0.4) is 0 Å². The van der Waals surface area contributed by atoms with Gasteiger partial charge in [-0.05, 0) is 12.1 Å². The molecule has 0 bridgehead atoms. The molecule has 130 valence electrons. The number of nitrogens with one attached hydrogen (secondary N) is 2. The molecule has 1 atom stereocenters. The Morgan fingerprint density at radius 2 is 1.87 bits per heavy atom. The molecular weight excluding hydrogens is 382 g/mol. The van der Waals surface area contributed by atoms with Crippen molar-refractivity contribution in [1.29, 1.82) is 0 Å². The Hall–Kier alpha value is -0.670. The molecule has 1 aromatic carbocycles. The van der Waals surface area contributed by atoms with E-state index >= 15 is 0 Å². The third-order valence-electron chi connectivity index (χ3n) is 4.09. The van der Waals surface area contributed by atoms with Crippen LogP contribution in [0, 0.1) is 0 Å². The summed E-state index contributed by atoms with van der Waals surface area (Å²) in [7, 11) is 0.739. The molecular formula is C15H25BrN3O3S+. The minimum absolute atomic E-state index is 0.0786. The summed E-state index contributed by atoms with van der Waals surface area (Å²) in [6, 6.07) is 8.40. The zero-order valence-electron chi connectivity index (χ0n) is 13.6. The fourth-order valence-electron chi connectivity index (χ4n) is 2.73. The number of hydrogen-bond acceptors (Lipinski definition) is 4. The van der Waals surface area contributed by atoms with Gasteiger partial charge in [-0.15, -0.1) is 0 Å². The van der Waals surface area contributed by atoms with E-state index < -0.39 is 10.0 Å². The number of ether oxygens (including phenoxy) is 1. The largest absolute Gasteiger partial charge is 0.378 e. The minimum Gasteiger partial charge on any atom is -0.378 e. The lowest BCUT2D eigenvalue weighted by Crippen LogP contribution is -3.15. The normalized spacial score (nSPS) is 17.9. The zero-order chi connectivity index (χ0) is 16.9. The number of benzene rings is 1. The molecule has 1 heterocycles. The molecule has 0 aromatic heterocycles. The van der Waals surface area contributed by atoms with Crippen LogP contribution in [-0.4, -0.2) is 60.0 Å². The number of rotatable bonds is 7. The summed E-state index contributed by atoms with van der Waals surface area (Å²) in [6.07, 6.45) is 0. The van der Waals surface area contributed by atoms with Crippen LogP contribution >= 0.6 is 15.9 Å². The molecule has 1 aliphatic rings. The van der Waals surface area contributed by atoms with Crippen molar-refractivity contribution in [3.05, 3.63) is 29.8 Å². The summed E-state index contributed by atoms with van der Waals surface area (Å²) < 4.78 is 31.6. The van der Waals surface area contributed by atoms with Gasteiger partial charge in [-0.25, -0.2) is 13.1 Å². The molecule has 0 unspecified atom stereocenters. The maximum absolute atomic E-state index is 11.8. The van der Waals surface area contributed by atoms with Gasteiger partial charge in [0.2, 0.25) is 10.0 Å². The Balaban J connectivity index is 2.17. The predicted molar refractivity (Wildman–Crippen MR) is 95.7 cm³/mol. The zero-order valence-corrected chi connectivity index (χ0v) is 16.0. The van der Waals surface area contributed by atoms with E-state index in [0.717, 1.165) is 24.3 Å². The molecule has 0 aliphatic carbocycles. The standard InChI is InChI=1S/C15H24BrN3O3S/c1-18(2)14-5-3-13(4-6-14)15(11-17-23(20,21)12-16)19-7-9-22-10-8-19/h3-6,15,17H,7-12H2,1-2H3/p+1/t15-/m1/s1. The van der Waals surface area contributed by atoms with Gasteiger partial charge in [0.1, 0.15) is 23.8 Å². The maximum atomic E-state index is 11.8. The molecule has 23 heavy (non-hydrogen) atoms. The minimum atomic E-state index is -3.27. The number of hydrogen-bond donors (Lipinski definition) is 2. The predicted octanol–water partition coefficient (Wildman–Crippen LogP) is -0.0194. The molecule has 1 fully saturated rings. The van der Waals surface area contributed by atoms with Crippen LogP contribution in [0.1, 0.15) is 11.6 Å². The summed E-state index contributed by atoms with van der Waals surface area (Å²) in [6.45, 7) is 3.59. The van der Waals surface area contributed by atoms with Crippen LogP contribution in [0.4, 0.5) is 5.69 Å². The molecule has 0 saturated carbocycles. The van der Waals surface area contributed by atoms with Crippen LogP contribution in [-0.2, 0) is 14.8 Å². The number of halogens is 1. The number of quaternary nitrogens is 1. The highest BCUT2D eigenvalue weighted by atomic mass is 79.9. The quantitative estimate of drug-likeness (QED) is 0.624. The highest BCUT2D eigenvalue weighted by Crippen LogP contribution is 2.16. The Morgan fingerprint density at radius 3 is 2.39 bits per heavy atom. The van der Waals surface area contributed by atoms with E-state index in [2.05, 4.69) is 44.9 Å². The van der Waals surface area contributed by atoms with Crippen LogP contribution in [0.15, 0.2) is 24.3 Å². The SMILES string of the molecule is CN(C)c1ccc([C@@H](CNS(=O)(=O)CBr)[NH+]2CCOCC2)cc1. The van der Waals surface area contributed by atoms with Crippen molar-refractivity contribution in [1.82, 2.24) is 4.72 Å². The fourth-order valence-corrected chi connectivity index (χ4v) is 3.72. The number of morpholine rings is 1. The molecule has 0 radical (unpaired) electrons. The smallest absolute Gasteiger partial charge is 0.221 e. The second-order valence-corrected chi connectivity index (χ2v) is 8.99. The van der Waals surface area contributed by atoms with Crippen molar-refractivity contribution in [3.8, 4) is 0 Å². The first kappa shape index (κ1) is 18.7. The Morgan fingerprint density at radius 1 is 1.26 bits per heavy atom. The van der Waals surface area contributed by atoms with E-state index in [9.17, 15) is 8.42 Å². The van der Waals surface area contributed by atoms with E-state index in [1.54, 1.807) is 0 Å². The third kappa shape index (κ3) is 5.42. The van der Waals surface area contributed by atoms with Gasteiger partial charge >= 0.3 is 0 Å². The number of sulfonamides is 1. The van der Waals surface area contributed by atoms with E-state index in [-0.39, 0.29) is 10.7 Å². The number of anilines is 1. The summed E-state index contributed by atoms with van der Waals surface area (Å²) in [5.41, 5.74) is 2.27. The molecule has 0 spiro atoms. The summed E-state index contributed by atoms with van der Waals surface area (Å²) in [5, 5.41) is 0. The van der Waals surface area contributed by atoms with Crippen LogP contribution in [0.5, 0.6) is 0 Å². The lowest BCUT2D eigenvalue weighted by molar-refractivity contribution is -0.937. The molecule has 2 rings (SSSR count). The molecule has 2 N–H and O–H groups in total. The van der Waals surface area contributed by atoms with Gasteiger partial charge in [0.15, 0.2) is 0 Å². The summed E-state index contributed by atoms with van der Waals surface area (Å²) in [5.74, 6) is 0. The van der Waals surface area contributed by atoms with Crippen molar-refractivity contribution in [2.45, 2.75) is 6.04 Å². The second kappa shape index (κ2) is 8.43. The van der Waals surface area contributed by atoms with Crippen LogP contribution in [0.2, 0.25) is 0 Å². The van der Waals surface area contributed by atoms with Gasteiger partial charge in [-0.2, -0.15) is 0 Å². The monoisotopic (exact) mass is 406 g/mol. The Kier molecular flexibility index (Phi) is 6.84. The van der Waals surface area contributed by atoms with E-state index in [1.165, 1.54) is 4.90 Å². The number of nitrogens with zero attached hydrogens (tertiary/aromatic N) is 1. The van der Waals surface area contributed by atoms with Crippen molar-refractivity contribution >= 4 is 31.6 Å². The van der Waals surface area contributed by atoms with E-state index in [1.807, 2.05) is 19.0 Å². The number of alkyl halides is 1. The van der Waals surface area contributed by atoms with Gasteiger partial charge in [-0.1, -0.05) is 28.1 Å². The Bertz CT molecular complexity index is 586. The second-order valence-electron chi connectivity index (χ2n) is 5.88. The van der Waals surface area contributed by atoms with E-state index in [0.29, 0.717) is 19.8 Å². The van der Waals surface area contributed by atoms with Crippen LogP contribution in [0.25, 0.3) is 0 Å². The molecule has 8 heteroatoms. The first-order valence-electron chi connectivity index (χ1n) is 7.66. The molecule has 0 amide bonds. The van der Waals surface area contributed by atoms with Crippen LogP contribution < -0.4 is 14.5 Å². The molecule has 1 saturated heterocycles. The molecule has 1 aromatic rings. The lowest BCUT2D eigenvalue weighted by Gasteiger charge is -2.32. The third-order valence-corrected chi connectivity index (χ3v) is 6.79. The van der Waals surface area contributed by atoms with Crippen molar-refractivity contribution in [2.75, 3.05) is 56.5 Å². The van der Waals surface area contributed by atoms with Gasteiger partial charge in [-0.3, -0.25) is 0 Å². The fraction of sp³-hybridized carbons (Fsp3) is 0.600. The highest BCUT2D eigenvalue weighted by molar-refractivity contribution is 9.10. The van der Waals surface area contributed by atoms with Crippen molar-refractivity contribution in [3.63, 3.8) is 0 Å².